The van der Waals surface area contributed by atoms with E-state index in [1.807, 2.05) is 6.92 Å². The molecule has 2 aromatic rings. The summed E-state index contributed by atoms with van der Waals surface area (Å²) < 4.78 is 12.8. The van der Waals surface area contributed by atoms with Crippen molar-refractivity contribution in [3.8, 4) is 0 Å². The van der Waals surface area contributed by atoms with Crippen LogP contribution >= 0.6 is 11.3 Å². The highest BCUT2D eigenvalue weighted by Gasteiger charge is 2.16. The predicted octanol–water partition coefficient (Wildman–Crippen LogP) is 3.69. The number of aryl methyl sites for hydroxylation is 1. The topological polar surface area (TPSA) is 42.0 Å². The Kier molecular flexibility index (Phi) is 5.07. The summed E-state index contributed by atoms with van der Waals surface area (Å²) in [5.74, 6) is -0.00207. The maximum Gasteiger partial charge on any atom is 0.263 e. The van der Waals surface area contributed by atoms with Crippen molar-refractivity contribution in [3.05, 3.63) is 51.2 Å². The largest absolute Gasteiger partial charge is 0.351 e. The Bertz CT molecular complexity index is 620. The van der Waals surface area contributed by atoms with Crippen molar-refractivity contribution >= 4 is 17.2 Å². The Balaban J connectivity index is 1.91. The van der Waals surface area contributed by atoms with E-state index in [1.165, 1.54) is 23.5 Å². The SMILES string of the molecule is Cc1nc(C(C)C)sc1C(=O)NCCc1ccc(F)cc1. The van der Waals surface area contributed by atoms with Crippen LogP contribution in [0.4, 0.5) is 4.39 Å². The zero-order valence-corrected chi connectivity index (χ0v) is 13.3. The fraction of sp³-hybridized carbons (Fsp3) is 0.375. The molecule has 0 bridgehead atoms. The molecule has 0 atom stereocenters. The van der Waals surface area contributed by atoms with Crippen molar-refractivity contribution in [2.24, 2.45) is 0 Å². The van der Waals surface area contributed by atoms with Gasteiger partial charge in [-0.25, -0.2) is 9.37 Å². The van der Waals surface area contributed by atoms with Gasteiger partial charge >= 0.3 is 0 Å². The standard InChI is InChI=1S/C16H19FN2OS/c1-10(2)16-19-11(3)14(21-16)15(20)18-9-8-12-4-6-13(17)7-5-12/h4-7,10H,8-9H2,1-3H3,(H,18,20). The number of rotatable bonds is 5. The number of nitrogens with zero attached hydrogens (tertiary/aromatic N) is 1. The van der Waals surface area contributed by atoms with Crippen molar-refractivity contribution in [2.75, 3.05) is 6.54 Å². The Morgan fingerprint density at radius 1 is 1.33 bits per heavy atom. The van der Waals surface area contributed by atoms with Crippen molar-refractivity contribution in [1.29, 1.82) is 0 Å². The van der Waals surface area contributed by atoms with E-state index in [9.17, 15) is 9.18 Å². The molecule has 0 aliphatic carbocycles. The minimum absolute atomic E-state index is 0.0842. The molecular formula is C16H19FN2OS. The summed E-state index contributed by atoms with van der Waals surface area (Å²) in [5.41, 5.74) is 1.78. The molecule has 1 amide bonds. The lowest BCUT2D eigenvalue weighted by molar-refractivity contribution is 0.0957. The summed E-state index contributed by atoms with van der Waals surface area (Å²) in [6, 6.07) is 6.32. The number of hydrogen-bond donors (Lipinski definition) is 1. The first-order valence-corrected chi connectivity index (χ1v) is 7.79. The maximum absolute atomic E-state index is 12.8. The lowest BCUT2D eigenvalue weighted by Gasteiger charge is -2.04. The summed E-state index contributed by atoms with van der Waals surface area (Å²) in [6.07, 6.45) is 0.681. The van der Waals surface area contributed by atoms with Gasteiger partial charge in [-0.2, -0.15) is 0 Å². The van der Waals surface area contributed by atoms with Crippen molar-refractivity contribution in [1.82, 2.24) is 10.3 Å². The summed E-state index contributed by atoms with van der Waals surface area (Å²) in [5, 5.41) is 3.88. The fourth-order valence-electron chi connectivity index (χ4n) is 1.93. The third kappa shape index (κ3) is 4.11. The highest BCUT2D eigenvalue weighted by Crippen LogP contribution is 2.24. The van der Waals surface area contributed by atoms with E-state index in [1.54, 1.807) is 12.1 Å². The number of halogens is 1. The quantitative estimate of drug-likeness (QED) is 0.915. The van der Waals surface area contributed by atoms with E-state index in [0.717, 1.165) is 16.3 Å². The Labute approximate surface area is 128 Å². The normalized spacial score (nSPS) is 10.9. The van der Waals surface area contributed by atoms with Crippen LogP contribution in [0.1, 0.15) is 45.7 Å². The predicted molar refractivity (Wildman–Crippen MR) is 83.4 cm³/mol. The van der Waals surface area contributed by atoms with Crippen LogP contribution < -0.4 is 5.32 Å². The van der Waals surface area contributed by atoms with Crippen LogP contribution in [0.15, 0.2) is 24.3 Å². The highest BCUT2D eigenvalue weighted by atomic mass is 32.1. The van der Waals surface area contributed by atoms with Gasteiger partial charge in [0, 0.05) is 12.5 Å². The second-order valence-electron chi connectivity index (χ2n) is 5.25. The van der Waals surface area contributed by atoms with Crippen LogP contribution in [0, 0.1) is 12.7 Å². The monoisotopic (exact) mass is 306 g/mol. The molecule has 1 aromatic heterocycles. The molecule has 0 saturated carbocycles. The molecule has 1 aromatic carbocycles. The number of nitrogens with one attached hydrogen (secondary N) is 1. The number of carbonyl (C=O) groups excluding carboxylic acids is 1. The molecule has 2 rings (SSSR count). The van der Waals surface area contributed by atoms with Gasteiger partial charge in [0.2, 0.25) is 0 Å². The maximum atomic E-state index is 12.8. The average molecular weight is 306 g/mol. The van der Waals surface area contributed by atoms with Crippen molar-refractivity contribution < 1.29 is 9.18 Å². The number of hydrogen-bond acceptors (Lipinski definition) is 3. The van der Waals surface area contributed by atoms with Crippen LogP contribution in [-0.4, -0.2) is 17.4 Å². The molecule has 1 heterocycles. The smallest absolute Gasteiger partial charge is 0.263 e. The minimum atomic E-state index is -0.246. The zero-order chi connectivity index (χ0) is 15.4. The molecule has 3 nitrogen and oxygen atoms in total. The van der Waals surface area contributed by atoms with Crippen LogP contribution in [0.2, 0.25) is 0 Å². The number of amides is 1. The molecule has 0 radical (unpaired) electrons. The van der Waals surface area contributed by atoms with E-state index in [-0.39, 0.29) is 11.7 Å². The molecule has 21 heavy (non-hydrogen) atoms. The van der Waals surface area contributed by atoms with Gasteiger partial charge in [0.25, 0.3) is 5.91 Å². The third-order valence-corrected chi connectivity index (χ3v) is 4.58. The van der Waals surface area contributed by atoms with E-state index in [0.29, 0.717) is 23.8 Å². The number of benzene rings is 1. The number of thiazole rings is 1. The molecule has 0 saturated heterocycles. The lowest BCUT2D eigenvalue weighted by atomic mass is 10.1. The van der Waals surface area contributed by atoms with Crippen molar-refractivity contribution in [2.45, 2.75) is 33.1 Å². The van der Waals surface area contributed by atoms with Gasteiger partial charge in [0.15, 0.2) is 0 Å². The van der Waals surface area contributed by atoms with Crippen LogP contribution in [0.5, 0.6) is 0 Å². The summed E-state index contributed by atoms with van der Waals surface area (Å²) in [7, 11) is 0. The third-order valence-electron chi connectivity index (χ3n) is 3.13. The lowest BCUT2D eigenvalue weighted by Crippen LogP contribution is -2.25. The summed E-state index contributed by atoms with van der Waals surface area (Å²) in [6.45, 7) is 6.51. The fourth-order valence-corrected chi connectivity index (χ4v) is 2.91. The molecule has 0 aliphatic rings. The van der Waals surface area contributed by atoms with Gasteiger partial charge in [-0.05, 0) is 31.0 Å². The van der Waals surface area contributed by atoms with Gasteiger partial charge in [0.1, 0.15) is 10.7 Å². The van der Waals surface area contributed by atoms with Gasteiger partial charge in [-0.15, -0.1) is 11.3 Å². The number of aromatic nitrogens is 1. The molecular weight excluding hydrogens is 287 g/mol. The Hall–Kier alpha value is -1.75. The van der Waals surface area contributed by atoms with Gasteiger partial charge in [0.05, 0.1) is 10.7 Å². The van der Waals surface area contributed by atoms with Crippen LogP contribution in [-0.2, 0) is 6.42 Å². The number of carbonyl (C=O) groups is 1. The molecule has 112 valence electrons. The zero-order valence-electron chi connectivity index (χ0n) is 12.4. The first kappa shape index (κ1) is 15.6. The molecule has 0 fully saturated rings. The molecule has 0 unspecified atom stereocenters. The Morgan fingerprint density at radius 3 is 2.57 bits per heavy atom. The highest BCUT2D eigenvalue weighted by molar-refractivity contribution is 7.13. The van der Waals surface area contributed by atoms with Crippen LogP contribution in [0.3, 0.4) is 0 Å². The van der Waals surface area contributed by atoms with Gasteiger partial charge in [-0.3, -0.25) is 4.79 Å². The van der Waals surface area contributed by atoms with Gasteiger partial charge < -0.3 is 5.32 Å². The Morgan fingerprint density at radius 2 is 2.00 bits per heavy atom. The summed E-state index contributed by atoms with van der Waals surface area (Å²) in [4.78, 5) is 17.2. The second kappa shape index (κ2) is 6.80. The first-order valence-electron chi connectivity index (χ1n) is 6.97. The van der Waals surface area contributed by atoms with Gasteiger partial charge in [-0.1, -0.05) is 26.0 Å². The molecule has 0 spiro atoms. The second-order valence-corrected chi connectivity index (χ2v) is 6.28. The molecule has 0 aliphatic heterocycles. The average Bonchev–Trinajstić information content (AvgIpc) is 2.83. The van der Waals surface area contributed by atoms with E-state index < -0.39 is 0 Å². The first-order chi connectivity index (χ1) is 9.97. The van der Waals surface area contributed by atoms with Crippen LogP contribution in [0.25, 0.3) is 0 Å². The van der Waals surface area contributed by atoms with E-state index in [2.05, 4.69) is 24.1 Å². The van der Waals surface area contributed by atoms with E-state index >= 15 is 0 Å². The minimum Gasteiger partial charge on any atom is -0.351 e. The van der Waals surface area contributed by atoms with E-state index in [4.69, 9.17) is 0 Å². The van der Waals surface area contributed by atoms with Crippen molar-refractivity contribution in [3.63, 3.8) is 0 Å². The molecule has 5 heteroatoms. The molecule has 1 N–H and O–H groups in total. The summed E-state index contributed by atoms with van der Waals surface area (Å²) >= 11 is 1.45.